The fraction of sp³-hybridized carbons (Fsp3) is 0.412. The molecule has 1 rings (SSSR count). The number of carbonyl (C=O) groups is 2. The molecule has 1 aromatic carbocycles. The fourth-order valence-corrected chi connectivity index (χ4v) is 2.03. The molecule has 0 radical (unpaired) electrons. The number of hydrogen-bond acceptors (Lipinski definition) is 4. The zero-order valence-corrected chi connectivity index (χ0v) is 14.4. The van der Waals surface area contributed by atoms with Crippen molar-refractivity contribution in [1.29, 1.82) is 0 Å². The number of hydrogen-bond donors (Lipinski definition) is 0. The first-order valence-electron chi connectivity index (χ1n) is 7.71. The minimum Gasteiger partial charge on any atom is -0.463 e. The third kappa shape index (κ3) is 6.58. The Morgan fingerprint density at radius 2 is 1.68 bits per heavy atom. The summed E-state index contributed by atoms with van der Waals surface area (Å²) >= 11 is 0. The lowest BCUT2D eigenvalue weighted by atomic mass is 10.2. The molecule has 0 N–H and O–H groups in total. The molecule has 0 spiro atoms. The van der Waals surface area contributed by atoms with Gasteiger partial charge in [0, 0.05) is 36.5 Å². The van der Waals surface area contributed by atoms with Crippen LogP contribution < -0.4 is 4.90 Å². The van der Waals surface area contributed by atoms with Crippen LogP contribution in [0.3, 0.4) is 0 Å². The number of ether oxygens (including phenoxy) is 1. The Hall–Kier alpha value is -2.35. The average molecular weight is 358 g/mol. The summed E-state index contributed by atoms with van der Waals surface area (Å²) in [6.07, 6.45) is 2.39. The van der Waals surface area contributed by atoms with Crippen LogP contribution in [0.15, 0.2) is 24.3 Å². The number of nitrogens with zero attached hydrogens (tertiary/aromatic N) is 2. The summed E-state index contributed by atoms with van der Waals surface area (Å²) in [5.41, 5.74) is -0.131. The van der Waals surface area contributed by atoms with E-state index in [4.69, 9.17) is 0 Å². The maximum atomic E-state index is 13.5. The first-order valence-corrected chi connectivity index (χ1v) is 7.71. The van der Waals surface area contributed by atoms with Crippen molar-refractivity contribution in [2.24, 2.45) is 0 Å². The van der Waals surface area contributed by atoms with E-state index < -0.39 is 29.3 Å². The lowest BCUT2D eigenvalue weighted by Crippen LogP contribution is -2.32. The van der Waals surface area contributed by atoms with Gasteiger partial charge in [0.2, 0.25) is 0 Å². The molecular weight excluding hydrogens is 337 g/mol. The van der Waals surface area contributed by atoms with Gasteiger partial charge in [-0.15, -0.1) is 0 Å². The summed E-state index contributed by atoms with van der Waals surface area (Å²) in [7, 11) is 3.67. The Labute approximate surface area is 144 Å². The van der Waals surface area contributed by atoms with Crippen LogP contribution in [-0.2, 0) is 14.3 Å². The van der Waals surface area contributed by atoms with Crippen molar-refractivity contribution in [3.05, 3.63) is 41.7 Å². The van der Waals surface area contributed by atoms with Crippen LogP contribution in [0.25, 0.3) is 0 Å². The number of benzene rings is 1. The molecule has 1 aromatic rings. The molecule has 0 saturated carbocycles. The molecule has 0 aliphatic heterocycles. The van der Waals surface area contributed by atoms with E-state index in [1.807, 2.05) is 19.0 Å². The molecule has 0 atom stereocenters. The van der Waals surface area contributed by atoms with Crippen LogP contribution in [0.1, 0.15) is 13.3 Å². The van der Waals surface area contributed by atoms with Crippen LogP contribution in [0.2, 0.25) is 0 Å². The van der Waals surface area contributed by atoms with Crippen molar-refractivity contribution in [2.45, 2.75) is 13.3 Å². The molecule has 0 heterocycles. The number of anilines is 1. The van der Waals surface area contributed by atoms with Crippen molar-refractivity contribution in [3.63, 3.8) is 0 Å². The zero-order valence-electron chi connectivity index (χ0n) is 14.4. The minimum atomic E-state index is -1.61. The van der Waals surface area contributed by atoms with Gasteiger partial charge in [-0.05, 0) is 34.0 Å². The number of rotatable bonds is 8. The maximum absolute atomic E-state index is 13.5. The summed E-state index contributed by atoms with van der Waals surface area (Å²) < 4.78 is 44.8. The Morgan fingerprint density at radius 3 is 2.20 bits per heavy atom. The highest BCUT2D eigenvalue weighted by Crippen LogP contribution is 2.22. The van der Waals surface area contributed by atoms with Gasteiger partial charge in [0.25, 0.3) is 5.91 Å². The van der Waals surface area contributed by atoms with Crippen LogP contribution >= 0.6 is 0 Å². The van der Waals surface area contributed by atoms with Gasteiger partial charge in [0.05, 0.1) is 6.61 Å². The molecule has 0 saturated heterocycles. The Kier molecular flexibility index (Phi) is 8.13. The Balaban J connectivity index is 3.03. The second-order valence-electron chi connectivity index (χ2n) is 5.46. The van der Waals surface area contributed by atoms with E-state index in [1.54, 1.807) is 6.92 Å². The molecule has 25 heavy (non-hydrogen) atoms. The smallest absolute Gasteiger partial charge is 0.330 e. The lowest BCUT2D eigenvalue weighted by molar-refractivity contribution is -0.137. The van der Waals surface area contributed by atoms with Crippen molar-refractivity contribution >= 4 is 17.6 Å². The van der Waals surface area contributed by atoms with Crippen LogP contribution in [0, 0.1) is 17.5 Å². The first kappa shape index (κ1) is 20.7. The van der Waals surface area contributed by atoms with E-state index in [1.165, 1.54) is 0 Å². The molecule has 0 aromatic heterocycles. The van der Waals surface area contributed by atoms with Gasteiger partial charge in [-0.1, -0.05) is 0 Å². The first-order chi connectivity index (χ1) is 11.8. The topological polar surface area (TPSA) is 49.9 Å². The summed E-state index contributed by atoms with van der Waals surface area (Å²) in [6.45, 7) is 2.52. The number of carbonyl (C=O) groups excluding carboxylic acids is 2. The zero-order chi connectivity index (χ0) is 19.0. The van der Waals surface area contributed by atoms with E-state index in [2.05, 4.69) is 4.74 Å². The van der Waals surface area contributed by atoms with Crippen LogP contribution in [0.4, 0.5) is 18.9 Å². The van der Waals surface area contributed by atoms with Crippen LogP contribution in [-0.4, -0.2) is 50.6 Å². The molecular formula is C17H21F3N2O3. The highest BCUT2D eigenvalue weighted by molar-refractivity contribution is 6.04. The maximum Gasteiger partial charge on any atom is 0.330 e. The third-order valence-corrected chi connectivity index (χ3v) is 3.18. The van der Waals surface area contributed by atoms with Crippen LogP contribution in [0.5, 0.6) is 0 Å². The van der Waals surface area contributed by atoms with E-state index >= 15 is 0 Å². The fourth-order valence-electron chi connectivity index (χ4n) is 2.03. The van der Waals surface area contributed by atoms with E-state index in [-0.39, 0.29) is 18.8 Å². The van der Waals surface area contributed by atoms with Gasteiger partial charge in [0.15, 0.2) is 17.5 Å². The van der Waals surface area contributed by atoms with Crippen molar-refractivity contribution in [2.75, 3.05) is 38.7 Å². The quantitative estimate of drug-likeness (QED) is 0.407. The second kappa shape index (κ2) is 9.83. The standard InChI is InChI=1S/C17H21F3N2O3/c1-4-25-16(24)7-6-15(23)22(9-5-8-21(2)3)12-10-13(18)17(20)14(19)11-12/h6-7,10-11H,4-5,8-9H2,1-3H3/b7-6+. The average Bonchev–Trinajstić information content (AvgIpc) is 2.54. The van der Waals surface area contributed by atoms with Gasteiger partial charge in [-0.2, -0.15) is 0 Å². The molecule has 0 fully saturated rings. The molecule has 5 nitrogen and oxygen atoms in total. The minimum absolute atomic E-state index is 0.131. The molecule has 0 aliphatic carbocycles. The summed E-state index contributed by atoms with van der Waals surface area (Å²) in [4.78, 5) is 26.6. The molecule has 0 aliphatic rings. The number of halogens is 3. The largest absolute Gasteiger partial charge is 0.463 e. The summed E-state index contributed by atoms with van der Waals surface area (Å²) in [5.74, 6) is -5.77. The summed E-state index contributed by atoms with van der Waals surface area (Å²) in [6, 6.07) is 1.48. The molecule has 0 bridgehead atoms. The second-order valence-corrected chi connectivity index (χ2v) is 5.46. The summed E-state index contributed by atoms with van der Waals surface area (Å²) in [5, 5.41) is 0. The lowest BCUT2D eigenvalue weighted by Gasteiger charge is -2.22. The van der Waals surface area contributed by atoms with Crippen molar-refractivity contribution < 1.29 is 27.5 Å². The number of esters is 1. The molecule has 8 heteroatoms. The molecule has 1 amide bonds. The third-order valence-electron chi connectivity index (χ3n) is 3.18. The van der Waals surface area contributed by atoms with Gasteiger partial charge in [-0.3, -0.25) is 4.79 Å². The van der Waals surface area contributed by atoms with E-state index in [0.717, 1.165) is 29.2 Å². The van der Waals surface area contributed by atoms with Gasteiger partial charge in [-0.25, -0.2) is 18.0 Å². The van der Waals surface area contributed by atoms with E-state index in [9.17, 15) is 22.8 Å². The van der Waals surface area contributed by atoms with Crippen molar-refractivity contribution in [1.82, 2.24) is 4.90 Å². The van der Waals surface area contributed by atoms with Gasteiger partial charge in [0.1, 0.15) is 0 Å². The highest BCUT2D eigenvalue weighted by Gasteiger charge is 2.19. The van der Waals surface area contributed by atoms with E-state index in [0.29, 0.717) is 13.0 Å². The number of amides is 1. The predicted octanol–water partition coefficient (Wildman–Crippen LogP) is 2.51. The molecule has 0 unspecified atom stereocenters. The highest BCUT2D eigenvalue weighted by atomic mass is 19.2. The monoisotopic (exact) mass is 358 g/mol. The Morgan fingerprint density at radius 1 is 1.08 bits per heavy atom. The van der Waals surface area contributed by atoms with Gasteiger partial charge >= 0.3 is 5.97 Å². The van der Waals surface area contributed by atoms with Gasteiger partial charge < -0.3 is 14.5 Å². The van der Waals surface area contributed by atoms with Crippen molar-refractivity contribution in [3.8, 4) is 0 Å². The SMILES string of the molecule is CCOC(=O)/C=C/C(=O)N(CCCN(C)C)c1cc(F)c(F)c(F)c1. The Bertz CT molecular complexity index is 625. The normalized spacial score (nSPS) is 11.2. The molecule has 138 valence electrons. The predicted molar refractivity (Wildman–Crippen MR) is 87.6 cm³/mol.